The second-order valence-corrected chi connectivity index (χ2v) is 11.2. The van der Waals surface area contributed by atoms with Gasteiger partial charge >= 0.3 is 12.1 Å². The number of carboxylic acids is 1. The molecule has 0 spiro atoms. The molecule has 0 aliphatic heterocycles. The van der Waals surface area contributed by atoms with Gasteiger partial charge in [0, 0.05) is 12.3 Å². The monoisotopic (exact) mass is 561 g/mol. The summed E-state index contributed by atoms with van der Waals surface area (Å²) in [4.78, 5) is 25.1. The summed E-state index contributed by atoms with van der Waals surface area (Å²) in [7, 11) is 0. The van der Waals surface area contributed by atoms with Crippen molar-refractivity contribution in [1.29, 1.82) is 0 Å². The summed E-state index contributed by atoms with van der Waals surface area (Å²) in [6, 6.07) is 31.1. The van der Waals surface area contributed by atoms with Gasteiger partial charge in [-0.25, -0.2) is 9.59 Å². The Morgan fingerprint density at radius 2 is 1.43 bits per heavy atom. The number of nitrogens with one attached hydrogen (secondary N) is 1. The Morgan fingerprint density at radius 1 is 0.786 bits per heavy atom. The lowest BCUT2D eigenvalue weighted by atomic mass is 9.93. The second kappa shape index (κ2) is 12.5. The van der Waals surface area contributed by atoms with Gasteiger partial charge in [0.1, 0.15) is 25.0 Å². The third-order valence-electron chi connectivity index (χ3n) is 8.48. The lowest BCUT2D eigenvalue weighted by Gasteiger charge is -2.20. The van der Waals surface area contributed by atoms with E-state index in [0.717, 1.165) is 57.5 Å². The van der Waals surface area contributed by atoms with Crippen LogP contribution in [0.5, 0.6) is 5.75 Å². The van der Waals surface area contributed by atoms with Crippen LogP contribution in [0.4, 0.5) is 4.79 Å². The van der Waals surface area contributed by atoms with E-state index < -0.39 is 18.1 Å². The maximum Gasteiger partial charge on any atom is 0.407 e. The predicted octanol–water partition coefficient (Wildman–Crippen LogP) is 7.46. The fraction of sp³-hybridized carbons (Fsp3) is 0.278. The smallest absolute Gasteiger partial charge is 0.407 e. The molecular formula is C36H35NO5. The van der Waals surface area contributed by atoms with E-state index in [4.69, 9.17) is 9.47 Å². The Balaban J connectivity index is 1.13. The van der Waals surface area contributed by atoms with E-state index in [1.807, 2.05) is 66.7 Å². The van der Waals surface area contributed by atoms with Crippen LogP contribution in [0, 0.1) is 0 Å². The Labute approximate surface area is 246 Å². The van der Waals surface area contributed by atoms with E-state index in [0.29, 0.717) is 12.5 Å². The average molecular weight is 562 g/mol. The molecule has 42 heavy (non-hydrogen) atoms. The average Bonchev–Trinajstić information content (AvgIpc) is 3.66. The Hall–Kier alpha value is -4.58. The largest absolute Gasteiger partial charge is 0.489 e. The van der Waals surface area contributed by atoms with Crippen molar-refractivity contribution >= 4 is 12.1 Å². The van der Waals surface area contributed by atoms with Crippen LogP contribution in [0.15, 0.2) is 97.1 Å². The third kappa shape index (κ3) is 6.03. The molecule has 2 N–H and O–H groups in total. The van der Waals surface area contributed by atoms with Crippen LogP contribution in [-0.2, 0) is 22.6 Å². The molecule has 6 nitrogen and oxygen atoms in total. The molecule has 0 saturated heterocycles. The second-order valence-electron chi connectivity index (χ2n) is 11.2. The highest BCUT2D eigenvalue weighted by Crippen LogP contribution is 2.44. The molecule has 1 fully saturated rings. The molecule has 2 aliphatic rings. The SMILES string of the molecule is O=C(NC(Cc1ccc(OCc2ccccc2)c(C2CCCC2)c1)C(=O)O)OCC1c2ccccc2-c2ccccc21. The van der Waals surface area contributed by atoms with Gasteiger partial charge in [0.25, 0.3) is 0 Å². The number of benzene rings is 4. The number of fused-ring (bicyclic) bond motifs is 3. The minimum atomic E-state index is -1.12. The van der Waals surface area contributed by atoms with E-state index in [1.54, 1.807) is 0 Å². The highest BCUT2D eigenvalue weighted by molar-refractivity contribution is 5.81. The number of carbonyl (C=O) groups excluding carboxylic acids is 1. The van der Waals surface area contributed by atoms with Crippen LogP contribution in [0.1, 0.15) is 65.3 Å². The summed E-state index contributed by atoms with van der Waals surface area (Å²) in [6.45, 7) is 0.604. The van der Waals surface area contributed by atoms with Crippen molar-refractivity contribution in [3.8, 4) is 16.9 Å². The molecule has 1 amide bonds. The number of hydrogen-bond acceptors (Lipinski definition) is 4. The van der Waals surface area contributed by atoms with Gasteiger partial charge in [-0.05, 0) is 63.8 Å². The minimum absolute atomic E-state index is 0.0937. The Morgan fingerprint density at radius 3 is 2.10 bits per heavy atom. The van der Waals surface area contributed by atoms with Crippen molar-refractivity contribution in [2.24, 2.45) is 0 Å². The molecule has 0 radical (unpaired) electrons. The summed E-state index contributed by atoms with van der Waals surface area (Å²) in [6.07, 6.45) is 3.94. The number of alkyl carbamates (subject to hydrolysis) is 1. The molecule has 214 valence electrons. The number of rotatable bonds is 10. The maximum atomic E-state index is 12.9. The van der Waals surface area contributed by atoms with Crippen molar-refractivity contribution in [3.05, 3.63) is 125 Å². The Bertz CT molecular complexity index is 1510. The zero-order chi connectivity index (χ0) is 28.9. The van der Waals surface area contributed by atoms with Crippen LogP contribution in [0.25, 0.3) is 11.1 Å². The van der Waals surface area contributed by atoms with Gasteiger partial charge in [0.05, 0.1) is 0 Å². The molecule has 1 atom stereocenters. The third-order valence-corrected chi connectivity index (χ3v) is 8.48. The fourth-order valence-electron chi connectivity index (χ4n) is 6.37. The highest BCUT2D eigenvalue weighted by Gasteiger charge is 2.30. The van der Waals surface area contributed by atoms with Gasteiger partial charge in [0.2, 0.25) is 0 Å². The molecular weight excluding hydrogens is 526 g/mol. The first-order valence-corrected chi connectivity index (χ1v) is 14.7. The van der Waals surface area contributed by atoms with Gasteiger partial charge in [-0.3, -0.25) is 0 Å². The van der Waals surface area contributed by atoms with Crippen molar-refractivity contribution in [2.75, 3.05) is 6.61 Å². The van der Waals surface area contributed by atoms with Crippen molar-refractivity contribution in [3.63, 3.8) is 0 Å². The van der Waals surface area contributed by atoms with E-state index in [2.05, 4.69) is 35.6 Å². The van der Waals surface area contributed by atoms with Crippen LogP contribution in [0.2, 0.25) is 0 Å². The van der Waals surface area contributed by atoms with Crippen LogP contribution in [-0.4, -0.2) is 29.8 Å². The summed E-state index contributed by atoms with van der Waals surface area (Å²) >= 11 is 0. The molecule has 1 unspecified atom stereocenters. The van der Waals surface area contributed by atoms with Crippen LogP contribution >= 0.6 is 0 Å². The van der Waals surface area contributed by atoms with Crippen molar-refractivity contribution < 1.29 is 24.2 Å². The van der Waals surface area contributed by atoms with Crippen LogP contribution in [0.3, 0.4) is 0 Å². The van der Waals surface area contributed by atoms with E-state index in [-0.39, 0.29) is 18.9 Å². The van der Waals surface area contributed by atoms with E-state index in [1.165, 1.54) is 12.8 Å². The number of hydrogen-bond donors (Lipinski definition) is 2. The predicted molar refractivity (Wildman–Crippen MR) is 162 cm³/mol. The standard InChI is InChI=1S/C36H35NO5/c38-35(39)33(37-36(40)42-23-32-29-16-8-6-14-27(29)28-15-7-9-17-30(28)32)21-25-18-19-34(31(20-25)26-12-4-5-13-26)41-22-24-10-2-1-3-11-24/h1-3,6-11,14-20,26,32-33H,4-5,12-13,21-23H2,(H,37,40)(H,38,39). The lowest BCUT2D eigenvalue weighted by molar-refractivity contribution is -0.139. The van der Waals surface area contributed by atoms with Gasteiger partial charge < -0.3 is 19.9 Å². The molecule has 2 aliphatic carbocycles. The summed E-state index contributed by atoms with van der Waals surface area (Å²) in [5.41, 5.74) is 7.55. The fourth-order valence-corrected chi connectivity index (χ4v) is 6.37. The molecule has 0 heterocycles. The number of carbonyl (C=O) groups is 2. The minimum Gasteiger partial charge on any atom is -0.489 e. The number of carboxylic acid groups (broad SMARTS) is 1. The van der Waals surface area contributed by atoms with Crippen molar-refractivity contribution in [1.82, 2.24) is 5.32 Å². The molecule has 4 aromatic carbocycles. The first kappa shape index (κ1) is 27.6. The van der Waals surface area contributed by atoms with Gasteiger partial charge in [-0.2, -0.15) is 0 Å². The first-order valence-electron chi connectivity index (χ1n) is 14.7. The van der Waals surface area contributed by atoms with E-state index >= 15 is 0 Å². The van der Waals surface area contributed by atoms with Gasteiger partial charge in [-0.1, -0.05) is 104 Å². The molecule has 1 saturated carbocycles. The van der Waals surface area contributed by atoms with Gasteiger partial charge in [0.15, 0.2) is 0 Å². The molecule has 0 aromatic heterocycles. The summed E-state index contributed by atoms with van der Waals surface area (Å²) < 4.78 is 11.9. The zero-order valence-electron chi connectivity index (χ0n) is 23.5. The normalized spacial score (nSPS) is 15.0. The topological polar surface area (TPSA) is 84.9 Å². The number of ether oxygens (including phenoxy) is 2. The van der Waals surface area contributed by atoms with E-state index in [9.17, 15) is 14.7 Å². The van der Waals surface area contributed by atoms with Crippen molar-refractivity contribution in [2.45, 2.75) is 56.6 Å². The lowest BCUT2D eigenvalue weighted by Crippen LogP contribution is -2.42. The maximum absolute atomic E-state index is 12.9. The molecule has 0 bridgehead atoms. The van der Waals surface area contributed by atoms with Crippen LogP contribution < -0.4 is 10.1 Å². The number of aliphatic carboxylic acids is 1. The highest BCUT2D eigenvalue weighted by atomic mass is 16.5. The molecule has 6 heteroatoms. The first-order chi connectivity index (χ1) is 20.6. The quantitative estimate of drug-likeness (QED) is 0.210. The summed E-state index contributed by atoms with van der Waals surface area (Å²) in [5.74, 6) is 0.0270. The molecule has 4 aromatic rings. The molecule has 6 rings (SSSR count). The Kier molecular flexibility index (Phi) is 8.22. The van der Waals surface area contributed by atoms with Gasteiger partial charge in [-0.15, -0.1) is 0 Å². The zero-order valence-corrected chi connectivity index (χ0v) is 23.5. The number of amides is 1. The summed E-state index contributed by atoms with van der Waals surface area (Å²) in [5, 5.41) is 12.6.